The third-order valence-corrected chi connectivity index (χ3v) is 15.9. The Balaban J connectivity index is 0.000000165. The highest BCUT2D eigenvalue weighted by molar-refractivity contribution is 5.93. The number of phenolic OH excluding ortho intramolecular Hbond substituents is 1. The Labute approximate surface area is 304 Å². The zero-order valence-corrected chi connectivity index (χ0v) is 31.4. The van der Waals surface area contributed by atoms with E-state index in [1.807, 2.05) is 18.2 Å². The molecule has 1 aromatic carbocycles. The molecule has 0 saturated heterocycles. The van der Waals surface area contributed by atoms with E-state index in [0.717, 1.165) is 63.4 Å². The zero-order valence-electron chi connectivity index (χ0n) is 31.4. The maximum atomic E-state index is 12.9. The average Bonchev–Trinajstić information content (AvgIpc) is 3.48. The van der Waals surface area contributed by atoms with Crippen molar-refractivity contribution in [3.63, 3.8) is 0 Å². The summed E-state index contributed by atoms with van der Waals surface area (Å²) in [6.07, 6.45) is 19.9. The molecule has 0 radical (unpaired) electrons. The molecule has 7 aliphatic rings. The second-order valence-electron chi connectivity index (χ2n) is 18.0. The summed E-state index contributed by atoms with van der Waals surface area (Å²) in [4.78, 5) is 37.0. The van der Waals surface area contributed by atoms with Crippen molar-refractivity contribution >= 4 is 17.5 Å². The van der Waals surface area contributed by atoms with Gasteiger partial charge in [-0.15, -0.1) is 6.42 Å². The summed E-state index contributed by atoms with van der Waals surface area (Å²) in [5, 5.41) is 20.6. The van der Waals surface area contributed by atoms with Crippen molar-refractivity contribution in [1.29, 1.82) is 0 Å². The topological polar surface area (TPSA) is 101 Å². The molecule has 1 aromatic rings. The number of aliphatic hydroxyl groups is 1. The molecule has 0 amide bonds. The van der Waals surface area contributed by atoms with Crippen LogP contribution in [0.4, 0.5) is 0 Å². The van der Waals surface area contributed by atoms with Gasteiger partial charge in [-0.1, -0.05) is 51.0 Å². The van der Waals surface area contributed by atoms with E-state index in [0.29, 0.717) is 42.3 Å². The second kappa shape index (κ2) is 12.1. The van der Waals surface area contributed by atoms with Crippen LogP contribution in [0.2, 0.25) is 0 Å². The second-order valence-corrected chi connectivity index (χ2v) is 18.0. The maximum Gasteiger partial charge on any atom is 0.303 e. The van der Waals surface area contributed by atoms with Gasteiger partial charge in [0.2, 0.25) is 0 Å². The number of rotatable bonds is 2. The number of aromatic hydroxyl groups is 1. The van der Waals surface area contributed by atoms with Gasteiger partial charge in [0.15, 0.2) is 17.2 Å². The molecule has 0 bridgehead atoms. The van der Waals surface area contributed by atoms with Crippen molar-refractivity contribution < 1.29 is 29.3 Å². The molecule has 272 valence electrons. The fraction of sp³-hybridized carbons (Fsp3) is 0.622. The van der Waals surface area contributed by atoms with Gasteiger partial charge in [-0.3, -0.25) is 14.4 Å². The Kier molecular flexibility index (Phi) is 8.50. The first-order valence-corrected chi connectivity index (χ1v) is 19.3. The van der Waals surface area contributed by atoms with Crippen LogP contribution in [0.3, 0.4) is 0 Å². The van der Waals surface area contributed by atoms with Crippen LogP contribution in [0.1, 0.15) is 123 Å². The molecule has 0 spiro atoms. The third kappa shape index (κ3) is 4.96. The van der Waals surface area contributed by atoms with Crippen molar-refractivity contribution in [2.24, 2.45) is 45.8 Å². The predicted molar refractivity (Wildman–Crippen MR) is 197 cm³/mol. The summed E-state index contributed by atoms with van der Waals surface area (Å²) in [5.41, 5.74) is 3.12. The molecule has 0 heterocycles. The number of hydrogen-bond acceptors (Lipinski definition) is 6. The Morgan fingerprint density at radius 2 is 1.67 bits per heavy atom. The predicted octanol–water partition coefficient (Wildman–Crippen LogP) is 8.35. The number of phenols is 1. The van der Waals surface area contributed by atoms with E-state index < -0.39 is 22.6 Å². The van der Waals surface area contributed by atoms with Crippen molar-refractivity contribution in [2.75, 3.05) is 0 Å². The molecule has 6 nitrogen and oxygen atoms in total. The number of terminal acetylenes is 1. The van der Waals surface area contributed by atoms with Crippen molar-refractivity contribution in [3.8, 4) is 18.1 Å². The van der Waals surface area contributed by atoms with Crippen molar-refractivity contribution in [2.45, 2.75) is 129 Å². The summed E-state index contributed by atoms with van der Waals surface area (Å²) < 4.78 is 5.83. The van der Waals surface area contributed by atoms with Gasteiger partial charge in [0, 0.05) is 24.2 Å². The molecular weight excluding hydrogens is 636 g/mol. The first-order valence-electron chi connectivity index (χ1n) is 19.3. The monoisotopic (exact) mass is 692 g/mol. The number of fused-ring (bicyclic) bond motifs is 10. The standard InChI is InChI=1S/C25H32O4.C20H24O2/c1-14-11-19-20(23(5)9-7-18(28)13-21(14)23)8-10-24(6)22(19)12-15(2)25(24,16(3)26)29-17(4)27;1-3-20(22)11-9-18-17-6-4-13-12-14(21)5-7-15(13)16(17)8-10-19(18,20)2/h11,13,19-20,22H,2,7-10,12H2,1,3-6H3;1,5,7,12,16-18,21-22H,4,6,8-11H2,2H3. The highest BCUT2D eigenvalue weighted by Gasteiger charge is 2.69. The fourth-order valence-corrected chi connectivity index (χ4v) is 13.3. The molecule has 6 heteroatoms. The van der Waals surface area contributed by atoms with E-state index in [4.69, 9.17) is 11.2 Å². The number of carbonyl (C=O) groups excluding carboxylic acids is 3. The van der Waals surface area contributed by atoms with Crippen LogP contribution in [0.25, 0.3) is 0 Å². The molecule has 7 aliphatic carbocycles. The molecule has 11 atom stereocenters. The number of esters is 1. The highest BCUT2D eigenvalue weighted by atomic mass is 16.6. The Hall–Kier alpha value is -3.43. The number of benzene rings is 1. The van der Waals surface area contributed by atoms with Gasteiger partial charge in [0.05, 0.1) is 0 Å². The third-order valence-electron chi connectivity index (χ3n) is 15.9. The summed E-state index contributed by atoms with van der Waals surface area (Å²) in [7, 11) is 0. The minimum absolute atomic E-state index is 0.0109. The first-order chi connectivity index (χ1) is 24.0. The van der Waals surface area contributed by atoms with Gasteiger partial charge >= 0.3 is 5.97 Å². The minimum Gasteiger partial charge on any atom is -0.508 e. The first kappa shape index (κ1) is 36.0. The highest BCUT2D eigenvalue weighted by Crippen LogP contribution is 2.69. The lowest BCUT2D eigenvalue weighted by molar-refractivity contribution is -0.179. The number of ether oxygens (including phenoxy) is 1. The van der Waals surface area contributed by atoms with E-state index in [1.165, 1.54) is 36.1 Å². The van der Waals surface area contributed by atoms with Crippen LogP contribution in [0.5, 0.6) is 5.75 Å². The smallest absolute Gasteiger partial charge is 0.303 e. The molecule has 4 fully saturated rings. The number of hydrogen-bond donors (Lipinski definition) is 2. The maximum absolute atomic E-state index is 12.9. The van der Waals surface area contributed by atoms with E-state index in [2.05, 4.69) is 52.3 Å². The van der Waals surface area contributed by atoms with E-state index in [1.54, 1.807) is 0 Å². The Morgan fingerprint density at radius 3 is 2.35 bits per heavy atom. The van der Waals surface area contributed by atoms with Gasteiger partial charge in [0.1, 0.15) is 11.4 Å². The normalized spacial score (nSPS) is 43.3. The largest absolute Gasteiger partial charge is 0.508 e. The molecule has 8 rings (SSSR count). The summed E-state index contributed by atoms with van der Waals surface area (Å²) in [5.74, 6) is 5.41. The number of aryl methyl sites for hydroxylation is 1. The van der Waals surface area contributed by atoms with Gasteiger partial charge in [-0.2, -0.15) is 0 Å². The summed E-state index contributed by atoms with van der Waals surface area (Å²) in [6, 6.07) is 5.87. The van der Waals surface area contributed by atoms with Crippen molar-refractivity contribution in [1.82, 2.24) is 0 Å². The average molecular weight is 693 g/mol. The number of allylic oxidation sites excluding steroid dienone is 4. The van der Waals surface area contributed by atoms with Gasteiger partial charge < -0.3 is 14.9 Å². The fourth-order valence-electron chi connectivity index (χ4n) is 13.3. The van der Waals surface area contributed by atoms with E-state index in [-0.39, 0.29) is 34.2 Å². The number of carbonyl (C=O) groups is 3. The zero-order chi connectivity index (χ0) is 36.9. The van der Waals surface area contributed by atoms with Gasteiger partial charge in [-0.05, 0) is 159 Å². The summed E-state index contributed by atoms with van der Waals surface area (Å²) >= 11 is 0. The number of ketones is 2. The quantitative estimate of drug-likeness (QED) is 0.184. The molecule has 11 unspecified atom stereocenters. The minimum atomic E-state index is -1.23. The molecule has 2 N–H and O–H groups in total. The van der Waals surface area contributed by atoms with Crippen LogP contribution in [-0.2, 0) is 25.5 Å². The lowest BCUT2D eigenvalue weighted by Crippen LogP contribution is -2.58. The lowest BCUT2D eigenvalue weighted by atomic mass is 9.47. The molecule has 4 saturated carbocycles. The Morgan fingerprint density at radius 1 is 0.961 bits per heavy atom. The SMILES string of the molecule is C#CC1(O)CCC2C3CCc4cc(O)ccc4C3CCC21C.C=C1CC2C3C=C(C)C4=CC(=O)CCC4(C)C3CCC2(C)C1(OC(C)=O)C(C)=O. The van der Waals surface area contributed by atoms with Crippen LogP contribution in [0.15, 0.2) is 53.6 Å². The summed E-state index contributed by atoms with van der Waals surface area (Å²) in [6.45, 7) is 15.9. The van der Waals surface area contributed by atoms with Gasteiger partial charge in [-0.25, -0.2) is 0 Å². The van der Waals surface area contributed by atoms with Crippen LogP contribution in [-0.4, -0.2) is 39.0 Å². The van der Waals surface area contributed by atoms with E-state index >= 15 is 0 Å². The lowest BCUT2D eigenvalue weighted by Gasteiger charge is -2.57. The molecule has 0 aliphatic heterocycles. The van der Waals surface area contributed by atoms with Crippen molar-refractivity contribution in [3.05, 3.63) is 64.8 Å². The molecule has 0 aromatic heterocycles. The van der Waals surface area contributed by atoms with E-state index in [9.17, 15) is 24.6 Å². The van der Waals surface area contributed by atoms with Crippen LogP contribution in [0, 0.1) is 58.2 Å². The van der Waals surface area contributed by atoms with Gasteiger partial charge in [0.25, 0.3) is 0 Å². The Bertz CT molecular complexity index is 1810. The molecule has 51 heavy (non-hydrogen) atoms. The molecular formula is C45H56O6. The van der Waals surface area contributed by atoms with Crippen LogP contribution >= 0.6 is 0 Å². The number of Topliss-reactive ketones (excluding diaryl/α,β-unsaturated/α-hetero) is 1. The van der Waals surface area contributed by atoms with Crippen LogP contribution < -0.4 is 0 Å².